The Kier molecular flexibility index (Phi) is 7.57. The van der Waals surface area contributed by atoms with Gasteiger partial charge in [0.05, 0.1) is 17.8 Å². The van der Waals surface area contributed by atoms with Crippen LogP contribution in [0.3, 0.4) is 0 Å². The summed E-state index contributed by atoms with van der Waals surface area (Å²) in [6, 6.07) is 20.4. The van der Waals surface area contributed by atoms with Gasteiger partial charge in [-0.2, -0.15) is 10.2 Å². The fourth-order valence-corrected chi connectivity index (χ4v) is 6.09. The molecular formula is C33H40N6O. The van der Waals surface area contributed by atoms with Gasteiger partial charge in [0.2, 0.25) is 0 Å². The van der Waals surface area contributed by atoms with E-state index in [0.29, 0.717) is 23.8 Å². The van der Waals surface area contributed by atoms with Crippen molar-refractivity contribution in [3.63, 3.8) is 0 Å². The van der Waals surface area contributed by atoms with Crippen molar-refractivity contribution in [1.29, 1.82) is 0 Å². The fourth-order valence-electron chi connectivity index (χ4n) is 6.09. The Bertz CT molecular complexity index is 1590. The van der Waals surface area contributed by atoms with Crippen molar-refractivity contribution in [2.75, 3.05) is 13.2 Å². The summed E-state index contributed by atoms with van der Waals surface area (Å²) in [5, 5.41) is 18.8. The molecule has 0 radical (unpaired) electrons. The maximum absolute atomic E-state index is 6.20. The van der Waals surface area contributed by atoms with Crippen LogP contribution in [0.1, 0.15) is 59.2 Å². The normalized spacial score (nSPS) is 18.2. The van der Waals surface area contributed by atoms with E-state index in [2.05, 4.69) is 102 Å². The smallest absolute Gasteiger partial charge is 0.181 e. The average molecular weight is 537 g/mol. The minimum atomic E-state index is 0.523. The molecule has 0 spiro atoms. The van der Waals surface area contributed by atoms with E-state index < -0.39 is 0 Å². The second-order valence-corrected chi connectivity index (χ2v) is 11.8. The zero-order valence-electron chi connectivity index (χ0n) is 24.1. The van der Waals surface area contributed by atoms with Crippen molar-refractivity contribution in [2.45, 2.75) is 71.9 Å². The number of H-pyrrole nitrogens is 2. The van der Waals surface area contributed by atoms with Crippen LogP contribution in [0, 0.1) is 5.92 Å². The van der Waals surface area contributed by atoms with E-state index in [1.54, 1.807) is 0 Å². The predicted octanol–water partition coefficient (Wildman–Crippen LogP) is 7.40. The lowest BCUT2D eigenvalue weighted by molar-refractivity contribution is 0.0961. The largest absolute Gasteiger partial charge is 0.494 e. The Labute approximate surface area is 236 Å². The van der Waals surface area contributed by atoms with Gasteiger partial charge in [0, 0.05) is 41.6 Å². The molecule has 0 aliphatic carbocycles. The van der Waals surface area contributed by atoms with Crippen LogP contribution >= 0.6 is 0 Å². The number of fused-ring (bicyclic) bond motifs is 2. The number of aromatic amines is 2. The van der Waals surface area contributed by atoms with E-state index in [1.807, 2.05) is 6.07 Å². The van der Waals surface area contributed by atoms with Crippen molar-refractivity contribution < 1.29 is 4.74 Å². The highest BCUT2D eigenvalue weighted by molar-refractivity contribution is 5.97. The molecule has 40 heavy (non-hydrogen) atoms. The minimum absolute atomic E-state index is 0.523. The topological polar surface area (TPSA) is 82.7 Å². The number of benzene rings is 3. The van der Waals surface area contributed by atoms with E-state index in [1.165, 1.54) is 24.6 Å². The summed E-state index contributed by atoms with van der Waals surface area (Å²) >= 11 is 0. The van der Waals surface area contributed by atoms with Crippen molar-refractivity contribution >= 4 is 21.7 Å². The number of aromatic nitrogens is 5. The summed E-state index contributed by atoms with van der Waals surface area (Å²) in [4.78, 5) is 7.36. The summed E-state index contributed by atoms with van der Waals surface area (Å²) in [6.07, 6.45) is 5.89. The first kappa shape index (κ1) is 26.5. The second-order valence-electron chi connectivity index (χ2n) is 11.8. The summed E-state index contributed by atoms with van der Waals surface area (Å²) in [5.41, 5.74) is 3.96. The number of likely N-dealkylation sites (tertiary alicyclic amines) is 1. The van der Waals surface area contributed by atoms with Crippen molar-refractivity contribution in [3.05, 3.63) is 60.4 Å². The molecule has 0 amide bonds. The van der Waals surface area contributed by atoms with Crippen molar-refractivity contribution in [1.82, 2.24) is 30.3 Å². The molecule has 6 rings (SSSR count). The SMILES string of the molecule is CC(C)Cc1nc(-c2ccc3[nH]nc(-c4ccc5ccc(OCCCN6[C@H](C)CCC[C@@H]6C)cc5c4)c3c2)n[nH]1. The van der Waals surface area contributed by atoms with E-state index >= 15 is 0 Å². The van der Waals surface area contributed by atoms with Gasteiger partial charge in [-0.15, -0.1) is 0 Å². The molecule has 1 aliphatic rings. The maximum atomic E-state index is 6.20. The number of nitrogens with zero attached hydrogens (tertiary/aromatic N) is 4. The Hall–Kier alpha value is -3.71. The van der Waals surface area contributed by atoms with Crippen LogP contribution in [0.15, 0.2) is 54.6 Å². The monoisotopic (exact) mass is 536 g/mol. The van der Waals surface area contributed by atoms with Gasteiger partial charge < -0.3 is 4.74 Å². The van der Waals surface area contributed by atoms with Gasteiger partial charge in [-0.25, -0.2) is 4.98 Å². The van der Waals surface area contributed by atoms with Gasteiger partial charge in [-0.05, 0) is 86.2 Å². The van der Waals surface area contributed by atoms with Crippen molar-refractivity contribution in [3.8, 4) is 28.4 Å². The van der Waals surface area contributed by atoms with Crippen LogP contribution in [-0.2, 0) is 6.42 Å². The van der Waals surface area contributed by atoms with Crippen LogP contribution < -0.4 is 4.74 Å². The number of hydrogen-bond acceptors (Lipinski definition) is 5. The molecule has 5 aromatic rings. The third-order valence-electron chi connectivity index (χ3n) is 8.24. The predicted molar refractivity (Wildman–Crippen MR) is 163 cm³/mol. The summed E-state index contributed by atoms with van der Waals surface area (Å²) < 4.78 is 6.20. The zero-order chi connectivity index (χ0) is 27.6. The third kappa shape index (κ3) is 5.61. The van der Waals surface area contributed by atoms with Crippen LogP contribution in [0.4, 0.5) is 0 Å². The molecular weight excluding hydrogens is 496 g/mol. The molecule has 0 unspecified atom stereocenters. The molecule has 2 N–H and O–H groups in total. The molecule has 1 saturated heterocycles. The molecule has 1 aliphatic heterocycles. The molecule has 208 valence electrons. The van der Waals surface area contributed by atoms with Gasteiger partial charge >= 0.3 is 0 Å². The molecule has 2 aromatic heterocycles. The molecule has 7 heteroatoms. The number of ether oxygens (including phenoxy) is 1. The van der Waals surface area contributed by atoms with Crippen LogP contribution in [0.25, 0.3) is 44.3 Å². The first-order valence-electron chi connectivity index (χ1n) is 14.8. The van der Waals surface area contributed by atoms with Gasteiger partial charge in [-0.3, -0.25) is 15.1 Å². The zero-order valence-corrected chi connectivity index (χ0v) is 24.1. The van der Waals surface area contributed by atoms with Gasteiger partial charge in [0.1, 0.15) is 11.6 Å². The Balaban J connectivity index is 1.19. The summed E-state index contributed by atoms with van der Waals surface area (Å²) in [7, 11) is 0. The molecule has 3 heterocycles. The fraction of sp³-hybridized carbons (Fsp3) is 0.424. The molecule has 3 aromatic carbocycles. The van der Waals surface area contributed by atoms with Gasteiger partial charge in [-0.1, -0.05) is 38.5 Å². The van der Waals surface area contributed by atoms with Crippen LogP contribution in [-0.4, -0.2) is 55.5 Å². The lowest BCUT2D eigenvalue weighted by Crippen LogP contribution is -2.44. The van der Waals surface area contributed by atoms with Crippen LogP contribution in [0.2, 0.25) is 0 Å². The number of hydrogen-bond donors (Lipinski definition) is 2. The van der Waals surface area contributed by atoms with E-state index in [0.717, 1.165) is 70.7 Å². The molecule has 7 nitrogen and oxygen atoms in total. The number of rotatable bonds is 9. The second kappa shape index (κ2) is 11.4. The first-order chi connectivity index (χ1) is 19.4. The minimum Gasteiger partial charge on any atom is -0.494 e. The number of piperidine rings is 1. The Morgan fingerprint density at radius 1 is 0.900 bits per heavy atom. The van der Waals surface area contributed by atoms with Gasteiger partial charge in [0.15, 0.2) is 5.82 Å². The van der Waals surface area contributed by atoms with E-state index in [4.69, 9.17) is 9.72 Å². The van der Waals surface area contributed by atoms with E-state index in [9.17, 15) is 0 Å². The lowest BCUT2D eigenvalue weighted by atomic mass is 9.97. The standard InChI is InChI=1S/C33H40N6O/c1-21(2)17-31-34-33(38-36-31)26-12-14-30-29(20-26)32(37-35-30)25-10-9-24-11-13-28(19-27(24)18-25)40-16-6-15-39-22(3)7-5-8-23(39)4/h9-14,18-23H,5-8,15-17H2,1-4H3,(H,35,37)(H,34,36,38)/t22-,23+. The summed E-state index contributed by atoms with van der Waals surface area (Å²) in [6.45, 7) is 10.9. The van der Waals surface area contributed by atoms with Crippen LogP contribution in [0.5, 0.6) is 5.75 Å². The molecule has 2 atom stereocenters. The highest BCUT2D eigenvalue weighted by Gasteiger charge is 2.23. The molecule has 0 bridgehead atoms. The van der Waals surface area contributed by atoms with Gasteiger partial charge in [0.25, 0.3) is 0 Å². The highest BCUT2D eigenvalue weighted by Crippen LogP contribution is 2.32. The third-order valence-corrected chi connectivity index (χ3v) is 8.24. The van der Waals surface area contributed by atoms with E-state index in [-0.39, 0.29) is 0 Å². The maximum Gasteiger partial charge on any atom is 0.181 e. The van der Waals surface area contributed by atoms with Crippen molar-refractivity contribution in [2.24, 2.45) is 5.92 Å². The average Bonchev–Trinajstić information content (AvgIpc) is 3.58. The molecule has 0 saturated carbocycles. The molecule has 1 fully saturated rings. The summed E-state index contributed by atoms with van der Waals surface area (Å²) in [5.74, 6) is 3.07. The Morgan fingerprint density at radius 2 is 1.70 bits per heavy atom. The lowest BCUT2D eigenvalue weighted by Gasteiger charge is -2.39. The first-order valence-corrected chi connectivity index (χ1v) is 14.8. The quantitative estimate of drug-likeness (QED) is 0.192. The Morgan fingerprint density at radius 3 is 2.52 bits per heavy atom. The highest BCUT2D eigenvalue weighted by atomic mass is 16.5. The number of nitrogens with one attached hydrogen (secondary N) is 2.